The van der Waals surface area contributed by atoms with Crippen LogP contribution in [0.25, 0.3) is 11.0 Å². The molecule has 0 aliphatic carbocycles. The van der Waals surface area contributed by atoms with E-state index in [1.807, 2.05) is 38.1 Å². The number of fused-ring (bicyclic) bond motifs is 1. The molecule has 0 radical (unpaired) electrons. The van der Waals surface area contributed by atoms with E-state index < -0.39 is 0 Å². The van der Waals surface area contributed by atoms with Gasteiger partial charge in [0.25, 0.3) is 0 Å². The second kappa shape index (κ2) is 5.47. The lowest BCUT2D eigenvalue weighted by Crippen LogP contribution is -2.10. The number of ketones is 1. The monoisotopic (exact) mass is 284 g/mol. The molecule has 0 aliphatic heterocycles. The first-order valence-corrected chi connectivity index (χ1v) is 6.89. The Morgan fingerprint density at radius 2 is 2.10 bits per heavy atom. The van der Waals surface area contributed by atoms with Crippen molar-refractivity contribution in [2.45, 2.75) is 26.7 Å². The number of hydrogen-bond donors (Lipinski definition) is 1. The average molecular weight is 284 g/mol. The molecule has 0 saturated carbocycles. The van der Waals surface area contributed by atoms with E-state index in [0.717, 1.165) is 16.9 Å². The maximum Gasteiger partial charge on any atom is 0.234 e. The standard InChI is InChI=1S/C15H16N4O2/c1-9(2)12(20)7-15-18-14(19-21-15)8-13-16-10-5-3-4-6-11(10)17-13/h3-6,9H,7-8H2,1-2H3,(H,16,17). The fourth-order valence-corrected chi connectivity index (χ4v) is 2.03. The highest BCUT2D eigenvalue weighted by molar-refractivity contribution is 5.81. The Morgan fingerprint density at radius 3 is 2.86 bits per heavy atom. The van der Waals surface area contributed by atoms with Gasteiger partial charge in [-0.15, -0.1) is 0 Å². The molecular weight excluding hydrogens is 268 g/mol. The molecule has 0 bridgehead atoms. The third kappa shape index (κ3) is 2.99. The number of aromatic nitrogens is 4. The minimum absolute atomic E-state index is 0.0317. The summed E-state index contributed by atoms with van der Waals surface area (Å²) in [5.74, 6) is 1.73. The molecule has 6 heteroatoms. The number of aromatic amines is 1. The summed E-state index contributed by atoms with van der Waals surface area (Å²) < 4.78 is 5.11. The van der Waals surface area contributed by atoms with E-state index in [0.29, 0.717) is 18.1 Å². The minimum atomic E-state index is -0.0317. The molecule has 0 aliphatic rings. The van der Waals surface area contributed by atoms with Crippen LogP contribution >= 0.6 is 0 Å². The van der Waals surface area contributed by atoms with Gasteiger partial charge in [0.05, 0.1) is 23.9 Å². The molecule has 0 spiro atoms. The third-order valence-electron chi connectivity index (χ3n) is 3.24. The van der Waals surface area contributed by atoms with E-state index in [1.165, 1.54) is 0 Å². The Hall–Kier alpha value is -2.50. The highest BCUT2D eigenvalue weighted by atomic mass is 16.5. The first kappa shape index (κ1) is 13.5. The molecular formula is C15H16N4O2. The van der Waals surface area contributed by atoms with Gasteiger partial charge in [-0.25, -0.2) is 4.98 Å². The van der Waals surface area contributed by atoms with E-state index in [4.69, 9.17) is 4.52 Å². The predicted octanol–water partition coefficient (Wildman–Crippen LogP) is 2.30. The summed E-state index contributed by atoms with van der Waals surface area (Å²) in [6.45, 7) is 3.71. The van der Waals surface area contributed by atoms with Gasteiger partial charge in [-0.2, -0.15) is 4.98 Å². The lowest BCUT2D eigenvalue weighted by Gasteiger charge is -1.98. The van der Waals surface area contributed by atoms with E-state index >= 15 is 0 Å². The molecule has 0 atom stereocenters. The average Bonchev–Trinajstić information content (AvgIpc) is 3.05. The molecule has 0 unspecified atom stereocenters. The van der Waals surface area contributed by atoms with E-state index in [1.54, 1.807) is 0 Å². The number of hydrogen-bond acceptors (Lipinski definition) is 5. The molecule has 21 heavy (non-hydrogen) atoms. The zero-order valence-corrected chi connectivity index (χ0v) is 12.0. The smallest absolute Gasteiger partial charge is 0.234 e. The van der Waals surface area contributed by atoms with Crippen LogP contribution in [-0.4, -0.2) is 25.9 Å². The number of benzene rings is 1. The third-order valence-corrected chi connectivity index (χ3v) is 3.24. The Kier molecular flexibility index (Phi) is 3.51. The number of H-pyrrole nitrogens is 1. The lowest BCUT2D eigenvalue weighted by atomic mass is 10.1. The summed E-state index contributed by atoms with van der Waals surface area (Å²) >= 11 is 0. The Bertz CT molecular complexity index is 740. The lowest BCUT2D eigenvalue weighted by molar-refractivity contribution is -0.121. The van der Waals surface area contributed by atoms with E-state index in [-0.39, 0.29) is 18.1 Å². The van der Waals surface area contributed by atoms with Crippen LogP contribution < -0.4 is 0 Å². The molecule has 108 valence electrons. The molecule has 1 aromatic carbocycles. The molecule has 1 N–H and O–H groups in total. The zero-order valence-electron chi connectivity index (χ0n) is 12.0. The van der Waals surface area contributed by atoms with Crippen molar-refractivity contribution in [2.24, 2.45) is 5.92 Å². The summed E-state index contributed by atoms with van der Waals surface area (Å²) in [5, 5.41) is 3.90. The molecule has 0 saturated heterocycles. The first-order chi connectivity index (χ1) is 10.1. The van der Waals surface area contributed by atoms with Crippen molar-refractivity contribution >= 4 is 16.8 Å². The van der Waals surface area contributed by atoms with E-state index in [2.05, 4.69) is 20.1 Å². The van der Waals surface area contributed by atoms with Gasteiger partial charge in [-0.05, 0) is 12.1 Å². The van der Waals surface area contributed by atoms with Crippen LogP contribution in [0.15, 0.2) is 28.8 Å². The van der Waals surface area contributed by atoms with Gasteiger partial charge in [0, 0.05) is 5.92 Å². The first-order valence-electron chi connectivity index (χ1n) is 6.89. The summed E-state index contributed by atoms with van der Waals surface area (Å²) in [7, 11) is 0. The topological polar surface area (TPSA) is 84.7 Å². The molecule has 3 rings (SSSR count). The van der Waals surface area contributed by atoms with Crippen molar-refractivity contribution in [1.82, 2.24) is 20.1 Å². The molecule has 2 aromatic heterocycles. The van der Waals surface area contributed by atoms with Crippen LogP contribution in [0.1, 0.15) is 31.4 Å². The molecule has 3 aromatic rings. The van der Waals surface area contributed by atoms with Crippen molar-refractivity contribution < 1.29 is 9.32 Å². The number of rotatable bonds is 5. The normalized spacial score (nSPS) is 11.4. The van der Waals surface area contributed by atoms with Crippen molar-refractivity contribution in [1.29, 1.82) is 0 Å². The van der Waals surface area contributed by atoms with Crippen LogP contribution in [0.5, 0.6) is 0 Å². The largest absolute Gasteiger partial charge is 0.342 e. The predicted molar refractivity (Wildman–Crippen MR) is 76.7 cm³/mol. The summed E-state index contributed by atoms with van der Waals surface area (Å²) in [5.41, 5.74) is 1.89. The Balaban J connectivity index is 1.73. The van der Waals surface area contributed by atoms with Crippen LogP contribution in [-0.2, 0) is 17.6 Å². The number of nitrogens with one attached hydrogen (secondary N) is 1. The minimum Gasteiger partial charge on any atom is -0.342 e. The van der Waals surface area contributed by atoms with Gasteiger partial charge < -0.3 is 9.51 Å². The summed E-state index contributed by atoms with van der Waals surface area (Å²) in [4.78, 5) is 23.6. The number of carbonyl (C=O) groups excluding carboxylic acids is 1. The number of imidazole rings is 1. The quantitative estimate of drug-likeness (QED) is 0.777. The number of Topliss-reactive ketones (excluding diaryl/α,β-unsaturated/α-hetero) is 1. The van der Waals surface area contributed by atoms with Crippen molar-refractivity contribution in [3.05, 3.63) is 41.8 Å². The van der Waals surface area contributed by atoms with Gasteiger partial charge in [0.2, 0.25) is 5.89 Å². The molecule has 0 fully saturated rings. The molecule has 2 heterocycles. The molecule has 6 nitrogen and oxygen atoms in total. The highest BCUT2D eigenvalue weighted by Gasteiger charge is 2.15. The van der Waals surface area contributed by atoms with Crippen LogP contribution in [0.3, 0.4) is 0 Å². The maximum atomic E-state index is 11.7. The van der Waals surface area contributed by atoms with Crippen LogP contribution in [0.2, 0.25) is 0 Å². The van der Waals surface area contributed by atoms with Gasteiger partial charge in [-0.3, -0.25) is 4.79 Å². The van der Waals surface area contributed by atoms with Crippen molar-refractivity contribution in [2.75, 3.05) is 0 Å². The summed E-state index contributed by atoms with van der Waals surface area (Å²) in [6, 6.07) is 7.80. The Labute approximate surface area is 121 Å². The highest BCUT2D eigenvalue weighted by Crippen LogP contribution is 2.12. The maximum absolute atomic E-state index is 11.7. The summed E-state index contributed by atoms with van der Waals surface area (Å²) in [6.07, 6.45) is 0.638. The number of nitrogens with zero attached hydrogens (tertiary/aromatic N) is 3. The SMILES string of the molecule is CC(C)C(=O)Cc1nc(Cc2nc3ccccc3[nH]2)no1. The fourth-order valence-electron chi connectivity index (χ4n) is 2.03. The van der Waals surface area contributed by atoms with Crippen LogP contribution in [0, 0.1) is 5.92 Å². The van der Waals surface area contributed by atoms with Gasteiger partial charge in [0.15, 0.2) is 5.82 Å². The fraction of sp³-hybridized carbons (Fsp3) is 0.333. The van der Waals surface area contributed by atoms with Gasteiger partial charge in [-0.1, -0.05) is 31.1 Å². The van der Waals surface area contributed by atoms with E-state index in [9.17, 15) is 4.79 Å². The zero-order chi connectivity index (χ0) is 14.8. The number of carbonyl (C=O) groups is 1. The van der Waals surface area contributed by atoms with Gasteiger partial charge >= 0.3 is 0 Å². The van der Waals surface area contributed by atoms with Crippen molar-refractivity contribution in [3.63, 3.8) is 0 Å². The Morgan fingerprint density at radius 1 is 1.29 bits per heavy atom. The van der Waals surface area contributed by atoms with Gasteiger partial charge in [0.1, 0.15) is 11.6 Å². The second-order valence-corrected chi connectivity index (χ2v) is 5.28. The van der Waals surface area contributed by atoms with Crippen molar-refractivity contribution in [3.8, 4) is 0 Å². The van der Waals surface area contributed by atoms with Crippen LogP contribution in [0.4, 0.5) is 0 Å². The molecule has 0 amide bonds. The number of para-hydroxylation sites is 2. The second-order valence-electron chi connectivity index (χ2n) is 5.28.